The first-order valence-electron chi connectivity index (χ1n) is 8.32. The van der Waals surface area contributed by atoms with E-state index in [1.807, 2.05) is 19.1 Å². The van der Waals surface area contributed by atoms with Gasteiger partial charge in [0, 0.05) is 29.4 Å². The first-order chi connectivity index (χ1) is 12.0. The summed E-state index contributed by atoms with van der Waals surface area (Å²) in [4.78, 5) is 31.2. The van der Waals surface area contributed by atoms with Crippen molar-refractivity contribution in [3.8, 4) is 0 Å². The minimum Gasteiger partial charge on any atom is -0.338 e. The highest BCUT2D eigenvalue weighted by molar-refractivity contribution is 6.30. The molecule has 0 saturated carbocycles. The molecule has 1 fully saturated rings. The van der Waals surface area contributed by atoms with E-state index in [-0.39, 0.29) is 17.7 Å². The molecule has 1 saturated heterocycles. The number of rotatable bonds is 3. The van der Waals surface area contributed by atoms with Gasteiger partial charge in [0.05, 0.1) is 5.92 Å². The van der Waals surface area contributed by atoms with Gasteiger partial charge in [-0.05, 0) is 50.1 Å². The summed E-state index contributed by atoms with van der Waals surface area (Å²) in [5.74, 6) is 0.123. The fourth-order valence-corrected chi connectivity index (χ4v) is 3.21. The van der Waals surface area contributed by atoms with Crippen LogP contribution in [-0.2, 0) is 4.79 Å². The Bertz CT molecular complexity index is 794. The lowest BCUT2D eigenvalue weighted by atomic mass is 9.96. The molecule has 2 heterocycles. The first-order valence-corrected chi connectivity index (χ1v) is 8.70. The van der Waals surface area contributed by atoms with Crippen LogP contribution in [0.2, 0.25) is 5.02 Å². The Hall–Kier alpha value is -2.40. The number of piperidine rings is 1. The van der Waals surface area contributed by atoms with Gasteiger partial charge in [0.1, 0.15) is 5.82 Å². The van der Waals surface area contributed by atoms with Crippen molar-refractivity contribution in [3.63, 3.8) is 0 Å². The number of likely N-dealkylation sites (tertiary alicyclic amines) is 1. The molecule has 5 nitrogen and oxygen atoms in total. The van der Waals surface area contributed by atoms with Crippen molar-refractivity contribution in [2.75, 3.05) is 18.4 Å². The van der Waals surface area contributed by atoms with Crippen LogP contribution < -0.4 is 5.32 Å². The number of pyridine rings is 1. The number of benzene rings is 1. The zero-order valence-electron chi connectivity index (χ0n) is 14.0. The Morgan fingerprint density at radius 3 is 2.80 bits per heavy atom. The van der Waals surface area contributed by atoms with Crippen LogP contribution >= 0.6 is 11.6 Å². The fraction of sp³-hybridized carbons (Fsp3) is 0.316. The van der Waals surface area contributed by atoms with Crippen LogP contribution in [0.4, 0.5) is 5.82 Å². The zero-order chi connectivity index (χ0) is 17.8. The minimum absolute atomic E-state index is 0.0892. The number of aromatic nitrogens is 1. The number of anilines is 1. The predicted molar refractivity (Wildman–Crippen MR) is 97.7 cm³/mol. The molecule has 25 heavy (non-hydrogen) atoms. The molecule has 130 valence electrons. The molecule has 2 aromatic rings. The van der Waals surface area contributed by atoms with Crippen LogP contribution in [0.15, 0.2) is 42.5 Å². The monoisotopic (exact) mass is 357 g/mol. The van der Waals surface area contributed by atoms with Gasteiger partial charge in [-0.15, -0.1) is 0 Å². The van der Waals surface area contributed by atoms with Gasteiger partial charge in [0.2, 0.25) is 5.91 Å². The second-order valence-corrected chi connectivity index (χ2v) is 6.69. The lowest BCUT2D eigenvalue weighted by Gasteiger charge is -2.32. The summed E-state index contributed by atoms with van der Waals surface area (Å²) in [7, 11) is 0. The Labute approximate surface area is 152 Å². The van der Waals surface area contributed by atoms with Crippen molar-refractivity contribution in [2.45, 2.75) is 19.8 Å². The van der Waals surface area contributed by atoms with Gasteiger partial charge in [-0.25, -0.2) is 4.98 Å². The summed E-state index contributed by atoms with van der Waals surface area (Å²) < 4.78 is 0. The van der Waals surface area contributed by atoms with E-state index in [1.165, 1.54) is 0 Å². The van der Waals surface area contributed by atoms with Crippen LogP contribution in [0.1, 0.15) is 28.9 Å². The molecule has 1 aliphatic rings. The highest BCUT2D eigenvalue weighted by Crippen LogP contribution is 2.21. The maximum Gasteiger partial charge on any atom is 0.253 e. The number of carbonyl (C=O) groups excluding carboxylic acids is 2. The largest absolute Gasteiger partial charge is 0.338 e. The van der Waals surface area contributed by atoms with E-state index in [0.717, 1.165) is 18.5 Å². The van der Waals surface area contributed by atoms with E-state index in [2.05, 4.69) is 10.3 Å². The van der Waals surface area contributed by atoms with E-state index in [4.69, 9.17) is 11.6 Å². The number of hydrogen-bond donors (Lipinski definition) is 1. The molecular weight excluding hydrogens is 338 g/mol. The van der Waals surface area contributed by atoms with Crippen molar-refractivity contribution >= 4 is 29.2 Å². The highest BCUT2D eigenvalue weighted by atomic mass is 35.5. The Kier molecular flexibility index (Phi) is 5.34. The molecule has 1 aromatic heterocycles. The van der Waals surface area contributed by atoms with Gasteiger partial charge in [-0.2, -0.15) is 0 Å². The summed E-state index contributed by atoms with van der Waals surface area (Å²) in [5.41, 5.74) is 1.40. The Morgan fingerprint density at radius 1 is 1.24 bits per heavy atom. The second kappa shape index (κ2) is 7.66. The topological polar surface area (TPSA) is 62.3 Å². The molecule has 3 rings (SSSR count). The number of aryl methyl sites for hydroxylation is 1. The van der Waals surface area contributed by atoms with Gasteiger partial charge in [0.25, 0.3) is 5.91 Å². The molecule has 1 atom stereocenters. The standard InChI is InChI=1S/C19H20ClN3O2/c1-13-5-2-9-17(21-13)22-18(24)15-7-4-10-23(12-15)19(25)14-6-3-8-16(20)11-14/h2-3,5-6,8-9,11,15H,4,7,10,12H2,1H3,(H,21,22,24). The van der Waals surface area contributed by atoms with Gasteiger partial charge < -0.3 is 10.2 Å². The van der Waals surface area contributed by atoms with E-state index in [1.54, 1.807) is 35.2 Å². The smallest absolute Gasteiger partial charge is 0.253 e. The molecular formula is C19H20ClN3O2. The van der Waals surface area contributed by atoms with E-state index in [0.29, 0.717) is 29.5 Å². The SMILES string of the molecule is Cc1cccc(NC(=O)C2CCCN(C(=O)c3cccc(Cl)c3)C2)n1. The second-order valence-electron chi connectivity index (χ2n) is 6.25. The molecule has 6 heteroatoms. The summed E-state index contributed by atoms with van der Waals surface area (Å²) >= 11 is 5.97. The molecule has 0 spiro atoms. The fourth-order valence-electron chi connectivity index (χ4n) is 3.02. The average Bonchev–Trinajstić information content (AvgIpc) is 2.61. The van der Waals surface area contributed by atoms with Gasteiger partial charge in [-0.3, -0.25) is 9.59 Å². The van der Waals surface area contributed by atoms with Gasteiger partial charge in [-0.1, -0.05) is 23.7 Å². The third kappa shape index (κ3) is 4.37. The van der Waals surface area contributed by atoms with Crippen molar-refractivity contribution < 1.29 is 9.59 Å². The minimum atomic E-state index is -0.237. The molecule has 0 aliphatic carbocycles. The molecule has 1 aliphatic heterocycles. The highest BCUT2D eigenvalue weighted by Gasteiger charge is 2.29. The van der Waals surface area contributed by atoms with E-state index in [9.17, 15) is 9.59 Å². The van der Waals surface area contributed by atoms with Crippen molar-refractivity contribution in [1.82, 2.24) is 9.88 Å². The van der Waals surface area contributed by atoms with Gasteiger partial charge in [0.15, 0.2) is 0 Å². The van der Waals surface area contributed by atoms with Crippen LogP contribution in [0.3, 0.4) is 0 Å². The molecule has 0 radical (unpaired) electrons. The zero-order valence-corrected chi connectivity index (χ0v) is 14.8. The number of halogens is 1. The predicted octanol–water partition coefficient (Wildman–Crippen LogP) is 3.53. The summed E-state index contributed by atoms with van der Waals surface area (Å²) in [5, 5.41) is 3.38. The maximum atomic E-state index is 12.6. The lowest BCUT2D eigenvalue weighted by molar-refractivity contribution is -0.121. The third-order valence-electron chi connectivity index (χ3n) is 4.29. The summed E-state index contributed by atoms with van der Waals surface area (Å²) in [6.45, 7) is 2.93. The maximum absolute atomic E-state index is 12.6. The average molecular weight is 358 g/mol. The molecule has 1 aromatic carbocycles. The number of hydrogen-bond acceptors (Lipinski definition) is 3. The number of nitrogens with zero attached hydrogens (tertiary/aromatic N) is 2. The normalized spacial score (nSPS) is 17.2. The Morgan fingerprint density at radius 2 is 2.04 bits per heavy atom. The number of amides is 2. The molecule has 0 bridgehead atoms. The van der Waals surface area contributed by atoms with Crippen molar-refractivity contribution in [3.05, 3.63) is 58.7 Å². The van der Waals surface area contributed by atoms with Crippen molar-refractivity contribution in [2.24, 2.45) is 5.92 Å². The lowest BCUT2D eigenvalue weighted by Crippen LogP contribution is -2.43. The van der Waals surface area contributed by atoms with Crippen molar-refractivity contribution in [1.29, 1.82) is 0 Å². The Balaban J connectivity index is 1.66. The quantitative estimate of drug-likeness (QED) is 0.913. The van der Waals surface area contributed by atoms with E-state index >= 15 is 0 Å². The molecule has 1 N–H and O–H groups in total. The summed E-state index contributed by atoms with van der Waals surface area (Å²) in [6, 6.07) is 12.4. The molecule has 2 amide bonds. The molecule has 1 unspecified atom stereocenters. The van der Waals surface area contributed by atoms with Gasteiger partial charge >= 0.3 is 0 Å². The van der Waals surface area contributed by atoms with Crippen LogP contribution in [0, 0.1) is 12.8 Å². The van der Waals surface area contributed by atoms with Crippen LogP contribution in [-0.4, -0.2) is 34.8 Å². The summed E-state index contributed by atoms with van der Waals surface area (Å²) in [6.07, 6.45) is 1.56. The van der Waals surface area contributed by atoms with Crippen LogP contribution in [0.25, 0.3) is 0 Å². The third-order valence-corrected chi connectivity index (χ3v) is 4.53. The van der Waals surface area contributed by atoms with Crippen LogP contribution in [0.5, 0.6) is 0 Å². The number of nitrogens with one attached hydrogen (secondary N) is 1. The first kappa shape index (κ1) is 17.4. The van der Waals surface area contributed by atoms with E-state index < -0.39 is 0 Å². The number of carbonyl (C=O) groups is 2.